The van der Waals surface area contributed by atoms with Gasteiger partial charge in [0.25, 0.3) is 0 Å². The molecule has 3 atom stereocenters. The van der Waals surface area contributed by atoms with Gasteiger partial charge in [0.15, 0.2) is 0 Å². The summed E-state index contributed by atoms with van der Waals surface area (Å²) in [5.41, 5.74) is 0.523. The molecule has 0 aliphatic heterocycles. The van der Waals surface area contributed by atoms with Gasteiger partial charge in [0.2, 0.25) is 0 Å². The highest BCUT2D eigenvalue weighted by Crippen LogP contribution is 2.66. The minimum atomic E-state index is -0.00400. The lowest BCUT2D eigenvalue weighted by Crippen LogP contribution is -2.38. The standard InChI is InChI=1S/C16H28O2S/c1-5-6-9-19-11-14(17)18-13-10-12-7-8-16(13,4)15(12,2)3/h12-13H,5-11H2,1-4H3. The van der Waals surface area contributed by atoms with Gasteiger partial charge in [0.1, 0.15) is 6.10 Å². The average Bonchev–Trinajstić information content (AvgIpc) is 2.68. The Balaban J connectivity index is 1.83. The molecule has 110 valence electrons. The summed E-state index contributed by atoms with van der Waals surface area (Å²) in [7, 11) is 0. The Morgan fingerprint density at radius 1 is 1.37 bits per heavy atom. The van der Waals surface area contributed by atoms with Crippen molar-refractivity contribution in [2.24, 2.45) is 16.7 Å². The van der Waals surface area contributed by atoms with Crippen LogP contribution in [0.5, 0.6) is 0 Å². The molecule has 19 heavy (non-hydrogen) atoms. The number of ether oxygens (including phenoxy) is 1. The normalized spacial score (nSPS) is 35.6. The number of fused-ring (bicyclic) bond motifs is 2. The summed E-state index contributed by atoms with van der Waals surface area (Å²) >= 11 is 1.71. The van der Waals surface area contributed by atoms with Crippen LogP contribution in [0.2, 0.25) is 0 Å². The number of thioether (sulfide) groups is 1. The van der Waals surface area contributed by atoms with Gasteiger partial charge in [-0.05, 0) is 42.8 Å². The minimum absolute atomic E-state index is 0.00400. The topological polar surface area (TPSA) is 26.3 Å². The Morgan fingerprint density at radius 2 is 2.11 bits per heavy atom. The highest BCUT2D eigenvalue weighted by molar-refractivity contribution is 7.99. The van der Waals surface area contributed by atoms with Gasteiger partial charge in [-0.3, -0.25) is 4.79 Å². The predicted octanol–water partition coefficient (Wildman–Crippen LogP) is 4.28. The second kappa shape index (κ2) is 5.67. The van der Waals surface area contributed by atoms with Crippen LogP contribution in [0.4, 0.5) is 0 Å². The summed E-state index contributed by atoms with van der Waals surface area (Å²) in [4.78, 5) is 11.9. The minimum Gasteiger partial charge on any atom is -0.461 e. The average molecular weight is 284 g/mol. The Morgan fingerprint density at radius 3 is 2.63 bits per heavy atom. The monoisotopic (exact) mass is 284 g/mol. The molecule has 0 saturated heterocycles. The summed E-state index contributed by atoms with van der Waals surface area (Å²) < 4.78 is 5.80. The van der Waals surface area contributed by atoms with E-state index in [2.05, 4.69) is 27.7 Å². The van der Waals surface area contributed by atoms with Crippen molar-refractivity contribution in [1.82, 2.24) is 0 Å². The number of rotatable bonds is 6. The Hall–Kier alpha value is -0.180. The van der Waals surface area contributed by atoms with Gasteiger partial charge in [-0.2, -0.15) is 11.8 Å². The van der Waals surface area contributed by atoms with Crippen molar-refractivity contribution in [2.45, 2.75) is 65.9 Å². The zero-order valence-electron chi connectivity index (χ0n) is 12.8. The summed E-state index contributed by atoms with van der Waals surface area (Å²) in [5.74, 6) is 2.33. The first-order chi connectivity index (χ1) is 8.91. The molecule has 0 spiro atoms. The highest BCUT2D eigenvalue weighted by Gasteiger charge is 2.62. The van der Waals surface area contributed by atoms with Crippen molar-refractivity contribution in [3.05, 3.63) is 0 Å². The van der Waals surface area contributed by atoms with Crippen molar-refractivity contribution < 1.29 is 9.53 Å². The van der Waals surface area contributed by atoms with Crippen LogP contribution in [-0.4, -0.2) is 23.6 Å². The number of carbonyl (C=O) groups is 1. The second-order valence-electron chi connectivity index (χ2n) is 7.00. The third kappa shape index (κ3) is 2.68. The molecule has 0 aromatic heterocycles. The van der Waals surface area contributed by atoms with Gasteiger partial charge in [-0.15, -0.1) is 0 Å². The van der Waals surface area contributed by atoms with E-state index in [0.717, 1.165) is 18.1 Å². The maximum Gasteiger partial charge on any atom is 0.316 e. The number of hydrogen-bond donors (Lipinski definition) is 0. The molecule has 2 aliphatic carbocycles. The van der Waals surface area contributed by atoms with Gasteiger partial charge in [0.05, 0.1) is 5.75 Å². The molecule has 0 heterocycles. The maximum absolute atomic E-state index is 11.9. The Bertz CT molecular complexity index is 340. The molecule has 3 unspecified atom stereocenters. The number of hydrogen-bond acceptors (Lipinski definition) is 3. The predicted molar refractivity (Wildman–Crippen MR) is 81.3 cm³/mol. The fourth-order valence-corrected chi connectivity index (χ4v) is 4.77. The molecule has 0 N–H and O–H groups in total. The van der Waals surface area contributed by atoms with Crippen molar-refractivity contribution in [3.8, 4) is 0 Å². The van der Waals surface area contributed by atoms with Crippen molar-refractivity contribution in [1.29, 1.82) is 0 Å². The largest absolute Gasteiger partial charge is 0.461 e. The van der Waals surface area contributed by atoms with Gasteiger partial charge in [-0.25, -0.2) is 0 Å². The molecular formula is C16H28O2S. The fourth-order valence-electron chi connectivity index (χ4n) is 3.90. The van der Waals surface area contributed by atoms with E-state index in [-0.39, 0.29) is 17.5 Å². The lowest BCUT2D eigenvalue weighted by molar-refractivity contribution is -0.153. The molecule has 2 rings (SSSR count). The first-order valence-corrected chi connectivity index (χ1v) is 8.84. The van der Waals surface area contributed by atoms with Crippen molar-refractivity contribution >= 4 is 17.7 Å². The van der Waals surface area contributed by atoms with E-state index in [9.17, 15) is 4.79 Å². The number of carbonyl (C=O) groups excluding carboxylic acids is 1. The van der Waals surface area contributed by atoms with E-state index in [1.165, 1.54) is 25.7 Å². The van der Waals surface area contributed by atoms with E-state index >= 15 is 0 Å². The summed E-state index contributed by atoms with van der Waals surface area (Å²) in [6.45, 7) is 9.21. The molecule has 0 aromatic rings. The highest BCUT2D eigenvalue weighted by atomic mass is 32.2. The van der Waals surface area contributed by atoms with Crippen LogP contribution < -0.4 is 0 Å². The van der Waals surface area contributed by atoms with Crippen molar-refractivity contribution in [2.75, 3.05) is 11.5 Å². The van der Waals surface area contributed by atoms with Gasteiger partial charge in [0, 0.05) is 5.41 Å². The molecule has 3 heteroatoms. The Kier molecular flexibility index (Phi) is 4.54. The zero-order chi connectivity index (χ0) is 14.1. The van der Waals surface area contributed by atoms with E-state index in [4.69, 9.17) is 4.74 Å². The van der Waals surface area contributed by atoms with Crippen molar-refractivity contribution in [3.63, 3.8) is 0 Å². The third-order valence-corrected chi connectivity index (χ3v) is 6.87. The van der Waals surface area contributed by atoms with E-state index in [1.807, 2.05) is 0 Å². The molecule has 2 bridgehead atoms. The molecule has 0 aromatic carbocycles. The number of esters is 1. The summed E-state index contributed by atoms with van der Waals surface area (Å²) in [6, 6.07) is 0. The molecule has 0 radical (unpaired) electrons. The molecule has 2 aliphatic rings. The van der Waals surface area contributed by atoms with Gasteiger partial charge < -0.3 is 4.74 Å². The van der Waals surface area contributed by atoms with E-state index in [0.29, 0.717) is 11.2 Å². The van der Waals surface area contributed by atoms with Gasteiger partial charge >= 0.3 is 5.97 Å². The maximum atomic E-state index is 11.9. The quantitative estimate of drug-likeness (QED) is 0.538. The lowest BCUT2D eigenvalue weighted by atomic mass is 9.70. The van der Waals surface area contributed by atoms with E-state index in [1.54, 1.807) is 11.8 Å². The zero-order valence-corrected chi connectivity index (χ0v) is 13.6. The third-order valence-electron chi connectivity index (χ3n) is 5.85. The van der Waals surface area contributed by atoms with E-state index < -0.39 is 0 Å². The summed E-state index contributed by atoms with van der Waals surface area (Å²) in [6.07, 6.45) is 6.14. The molecule has 2 fully saturated rings. The SMILES string of the molecule is CCCCSCC(=O)OC1CC2CCC1(C)C2(C)C. The van der Waals surface area contributed by atoms with Crippen LogP contribution in [0, 0.1) is 16.7 Å². The van der Waals surface area contributed by atoms with Crippen LogP contribution in [0.25, 0.3) is 0 Å². The van der Waals surface area contributed by atoms with Crippen LogP contribution in [0.1, 0.15) is 59.8 Å². The first kappa shape index (κ1) is 15.2. The fraction of sp³-hybridized carbons (Fsp3) is 0.938. The Labute approximate surface area is 122 Å². The van der Waals surface area contributed by atoms with Gasteiger partial charge in [-0.1, -0.05) is 34.1 Å². The van der Waals surface area contributed by atoms with Crippen LogP contribution in [-0.2, 0) is 9.53 Å². The molecule has 2 nitrogen and oxygen atoms in total. The molecule has 0 amide bonds. The smallest absolute Gasteiger partial charge is 0.316 e. The first-order valence-electron chi connectivity index (χ1n) is 7.69. The number of unbranched alkanes of at least 4 members (excludes halogenated alkanes) is 1. The second-order valence-corrected chi connectivity index (χ2v) is 8.10. The van der Waals surface area contributed by atoms with Crippen LogP contribution in [0.3, 0.4) is 0 Å². The summed E-state index contributed by atoms with van der Waals surface area (Å²) in [5, 5.41) is 0. The van der Waals surface area contributed by atoms with Crippen LogP contribution >= 0.6 is 11.8 Å². The van der Waals surface area contributed by atoms with Crippen LogP contribution in [0.15, 0.2) is 0 Å². The molecular weight excluding hydrogens is 256 g/mol. The lowest BCUT2D eigenvalue weighted by Gasteiger charge is -2.38. The molecule has 2 saturated carbocycles.